The van der Waals surface area contributed by atoms with Crippen molar-refractivity contribution in [2.24, 2.45) is 5.92 Å². The number of carbonyl (C=O) groups is 1. The lowest BCUT2D eigenvalue weighted by atomic mass is 10.2. The topological polar surface area (TPSA) is 60.9 Å². The fourth-order valence-electron chi connectivity index (χ4n) is 3.26. The van der Waals surface area contributed by atoms with Gasteiger partial charge in [0.1, 0.15) is 0 Å². The highest BCUT2D eigenvalue weighted by molar-refractivity contribution is 7.89. The number of sulfonamides is 1. The number of nitrogens with zero attached hydrogens (tertiary/aromatic N) is 3. The highest BCUT2D eigenvalue weighted by atomic mass is 35.5. The summed E-state index contributed by atoms with van der Waals surface area (Å²) in [4.78, 5) is 15.4. The number of hydrogen-bond acceptors (Lipinski definition) is 4. The number of rotatable bonds is 6. The molecule has 1 aliphatic heterocycles. The quantitative estimate of drug-likeness (QED) is 0.664. The van der Waals surface area contributed by atoms with Crippen LogP contribution in [0.25, 0.3) is 0 Å². The first-order valence-electron chi connectivity index (χ1n) is 9.31. The highest BCUT2D eigenvalue weighted by Gasteiger charge is 2.36. The Kier molecular flexibility index (Phi) is 6.47. The summed E-state index contributed by atoms with van der Waals surface area (Å²) in [6.07, 6.45) is -2.45. The number of piperazine rings is 1. The maximum Gasteiger partial charge on any atom is 0.417 e. The van der Waals surface area contributed by atoms with Gasteiger partial charge >= 0.3 is 6.18 Å². The molecule has 29 heavy (non-hydrogen) atoms. The Bertz CT molecular complexity index is 867. The van der Waals surface area contributed by atoms with Crippen LogP contribution in [0.1, 0.15) is 18.4 Å². The summed E-state index contributed by atoms with van der Waals surface area (Å²) in [6.45, 7) is 1.82. The van der Waals surface area contributed by atoms with Crippen LogP contribution < -0.4 is 0 Å². The van der Waals surface area contributed by atoms with Gasteiger partial charge in [-0.2, -0.15) is 17.5 Å². The largest absolute Gasteiger partial charge is 0.417 e. The number of hydrogen-bond donors (Lipinski definition) is 0. The molecule has 1 aromatic carbocycles. The van der Waals surface area contributed by atoms with E-state index in [4.69, 9.17) is 11.6 Å². The van der Waals surface area contributed by atoms with Gasteiger partial charge in [-0.25, -0.2) is 8.42 Å². The Hall–Kier alpha value is -1.36. The summed E-state index contributed by atoms with van der Waals surface area (Å²) < 4.78 is 65.8. The molecule has 3 rings (SSSR count). The van der Waals surface area contributed by atoms with Gasteiger partial charge in [0.15, 0.2) is 0 Å². The predicted molar refractivity (Wildman–Crippen MR) is 102 cm³/mol. The third-order valence-corrected chi connectivity index (χ3v) is 7.45. The highest BCUT2D eigenvalue weighted by Crippen LogP contribution is 2.36. The molecule has 1 heterocycles. The van der Waals surface area contributed by atoms with Gasteiger partial charge in [-0.1, -0.05) is 11.6 Å². The molecule has 0 aromatic heterocycles. The van der Waals surface area contributed by atoms with Gasteiger partial charge in [-0.3, -0.25) is 9.69 Å². The van der Waals surface area contributed by atoms with Crippen molar-refractivity contribution >= 4 is 27.5 Å². The van der Waals surface area contributed by atoms with Crippen molar-refractivity contribution in [3.8, 4) is 0 Å². The smallest absolute Gasteiger partial charge is 0.344 e. The Morgan fingerprint density at radius 1 is 1.21 bits per heavy atom. The minimum Gasteiger partial charge on any atom is -0.344 e. The number of halogens is 4. The predicted octanol–water partition coefficient (Wildman–Crippen LogP) is 2.53. The van der Waals surface area contributed by atoms with Gasteiger partial charge in [0, 0.05) is 39.8 Å². The van der Waals surface area contributed by atoms with E-state index < -0.39 is 31.7 Å². The van der Waals surface area contributed by atoms with Crippen LogP contribution in [0.15, 0.2) is 23.1 Å². The molecule has 1 saturated carbocycles. The lowest BCUT2D eigenvalue weighted by Gasteiger charge is -2.34. The molecule has 1 aliphatic carbocycles. The molecular weight excluding hydrogens is 431 g/mol. The van der Waals surface area contributed by atoms with E-state index in [1.165, 1.54) is 0 Å². The summed E-state index contributed by atoms with van der Waals surface area (Å²) in [5, 5.41) is -0.546. The first-order valence-corrected chi connectivity index (χ1v) is 11.1. The Morgan fingerprint density at radius 2 is 1.83 bits per heavy atom. The van der Waals surface area contributed by atoms with Crippen molar-refractivity contribution in [1.29, 1.82) is 0 Å². The molecule has 1 aromatic rings. The van der Waals surface area contributed by atoms with Gasteiger partial charge in [-0.05, 0) is 37.0 Å². The van der Waals surface area contributed by atoms with Crippen LogP contribution in [0.5, 0.6) is 0 Å². The zero-order valence-corrected chi connectivity index (χ0v) is 17.5. The van der Waals surface area contributed by atoms with Crippen LogP contribution in [0, 0.1) is 5.92 Å². The van der Waals surface area contributed by atoms with Gasteiger partial charge in [0.05, 0.1) is 22.0 Å². The zero-order valence-electron chi connectivity index (χ0n) is 16.0. The molecule has 162 valence electrons. The molecular formula is C18H23ClF3N3O3S. The number of carbonyl (C=O) groups excluding carboxylic acids is 1. The van der Waals surface area contributed by atoms with E-state index in [0.717, 1.165) is 35.8 Å². The van der Waals surface area contributed by atoms with Crippen molar-refractivity contribution < 1.29 is 26.4 Å². The molecule has 0 N–H and O–H groups in total. The van der Waals surface area contributed by atoms with E-state index >= 15 is 0 Å². The second kappa shape index (κ2) is 8.41. The second-order valence-electron chi connectivity index (χ2n) is 7.54. The van der Waals surface area contributed by atoms with Crippen LogP contribution in [-0.4, -0.2) is 74.7 Å². The van der Waals surface area contributed by atoms with Crippen LogP contribution >= 0.6 is 11.6 Å². The molecule has 11 heteroatoms. The molecule has 0 spiro atoms. The van der Waals surface area contributed by atoms with Gasteiger partial charge in [0.25, 0.3) is 0 Å². The fraction of sp³-hybridized carbons (Fsp3) is 0.611. The van der Waals surface area contributed by atoms with E-state index in [9.17, 15) is 26.4 Å². The first-order chi connectivity index (χ1) is 13.5. The van der Waals surface area contributed by atoms with Crippen molar-refractivity contribution in [1.82, 2.24) is 14.1 Å². The minimum absolute atomic E-state index is 0.0132. The molecule has 0 atom stereocenters. The Morgan fingerprint density at radius 3 is 2.38 bits per heavy atom. The van der Waals surface area contributed by atoms with Gasteiger partial charge in [0.2, 0.25) is 15.9 Å². The Labute approximate surface area is 173 Å². The normalized spacial score (nSPS) is 19.3. The fourth-order valence-corrected chi connectivity index (χ4v) is 4.93. The molecule has 0 bridgehead atoms. The van der Waals surface area contributed by atoms with Crippen molar-refractivity contribution in [2.75, 3.05) is 46.3 Å². The van der Waals surface area contributed by atoms with Crippen LogP contribution in [0.4, 0.5) is 13.2 Å². The maximum atomic E-state index is 13.0. The van der Waals surface area contributed by atoms with Crippen molar-refractivity contribution in [3.05, 3.63) is 28.8 Å². The zero-order chi connectivity index (χ0) is 21.4. The third kappa shape index (κ3) is 5.42. The lowest BCUT2D eigenvalue weighted by molar-refractivity contribution is -0.137. The molecule has 0 radical (unpaired) electrons. The SMILES string of the molecule is CN(CC1CC1)C(=O)CN1CCN(S(=O)(=O)c2ccc(Cl)c(C(F)(F)F)c2)CC1. The second-order valence-corrected chi connectivity index (χ2v) is 9.88. The van der Waals surface area contributed by atoms with E-state index in [-0.39, 0.29) is 25.5 Å². The summed E-state index contributed by atoms with van der Waals surface area (Å²) in [5.41, 5.74) is -1.18. The molecule has 1 amide bonds. The van der Waals surface area contributed by atoms with Crippen molar-refractivity contribution in [3.63, 3.8) is 0 Å². The number of amides is 1. The van der Waals surface area contributed by atoms with Crippen LogP contribution in [0.3, 0.4) is 0 Å². The summed E-state index contributed by atoms with van der Waals surface area (Å²) in [7, 11) is -2.32. The van der Waals surface area contributed by atoms with Gasteiger partial charge < -0.3 is 4.90 Å². The monoisotopic (exact) mass is 453 g/mol. The molecule has 0 unspecified atom stereocenters. The minimum atomic E-state index is -4.74. The standard InChI is InChI=1S/C18H23ClF3N3O3S/c1-23(11-13-2-3-13)17(26)12-24-6-8-25(9-7-24)29(27,28)14-4-5-16(19)15(10-14)18(20,21)22/h4-5,10,13H,2-3,6-9,11-12H2,1H3. The summed E-state index contributed by atoms with van der Waals surface area (Å²) in [5.74, 6) is 0.577. The average Bonchev–Trinajstić information content (AvgIpc) is 3.45. The third-order valence-electron chi connectivity index (χ3n) is 5.23. The average molecular weight is 454 g/mol. The van der Waals surface area contributed by atoms with Crippen molar-refractivity contribution in [2.45, 2.75) is 23.9 Å². The summed E-state index contributed by atoms with van der Waals surface area (Å²) >= 11 is 5.57. The lowest BCUT2D eigenvalue weighted by Crippen LogP contribution is -2.51. The molecule has 2 aliphatic rings. The number of alkyl halides is 3. The van der Waals surface area contributed by atoms with E-state index in [2.05, 4.69) is 0 Å². The number of benzene rings is 1. The number of likely N-dealkylation sites (N-methyl/N-ethyl adjacent to an activating group) is 1. The Balaban J connectivity index is 1.61. The van der Waals surface area contributed by atoms with Crippen LogP contribution in [-0.2, 0) is 21.0 Å². The van der Waals surface area contributed by atoms with E-state index in [1.54, 1.807) is 11.9 Å². The molecule has 2 fully saturated rings. The van der Waals surface area contributed by atoms with E-state index in [0.29, 0.717) is 25.1 Å². The van der Waals surface area contributed by atoms with Crippen LogP contribution in [0.2, 0.25) is 5.02 Å². The summed E-state index contributed by atoms with van der Waals surface area (Å²) in [6, 6.07) is 2.60. The van der Waals surface area contributed by atoms with E-state index in [1.807, 2.05) is 4.90 Å². The van der Waals surface area contributed by atoms with Gasteiger partial charge in [-0.15, -0.1) is 0 Å². The molecule has 1 saturated heterocycles. The first kappa shape index (κ1) is 22.3. The maximum absolute atomic E-state index is 13.0. The molecule has 6 nitrogen and oxygen atoms in total.